The van der Waals surface area contributed by atoms with E-state index >= 15 is 0 Å². The number of halogens is 1. The second-order valence-electron chi connectivity index (χ2n) is 3.85. The lowest BCUT2D eigenvalue weighted by molar-refractivity contribution is -0.117. The summed E-state index contributed by atoms with van der Waals surface area (Å²) in [6.45, 7) is 0.465. The molecule has 5 nitrogen and oxygen atoms in total. The fourth-order valence-corrected chi connectivity index (χ4v) is 1.55. The third-order valence-electron chi connectivity index (χ3n) is 2.33. The molecule has 0 spiro atoms. The van der Waals surface area contributed by atoms with Crippen LogP contribution in [0.2, 0.25) is 5.15 Å². The maximum atomic E-state index is 10.6. The number of amides is 1. The predicted octanol–water partition coefficient (Wildman–Crippen LogP) is 1.29. The Labute approximate surface area is 98.4 Å². The monoisotopic (exact) mass is 240 g/mol. The van der Waals surface area contributed by atoms with E-state index in [1.54, 1.807) is 6.07 Å². The number of aromatic nitrogens is 2. The molecule has 1 saturated carbocycles. The van der Waals surface area contributed by atoms with Crippen molar-refractivity contribution in [3.8, 4) is 0 Å². The van der Waals surface area contributed by atoms with Gasteiger partial charge in [0, 0.05) is 24.9 Å². The van der Waals surface area contributed by atoms with E-state index in [2.05, 4.69) is 15.3 Å². The summed E-state index contributed by atoms with van der Waals surface area (Å²) in [5.74, 6) is 1.56. The Morgan fingerprint density at radius 1 is 1.56 bits per heavy atom. The van der Waals surface area contributed by atoms with Crippen molar-refractivity contribution >= 4 is 23.3 Å². The van der Waals surface area contributed by atoms with Crippen molar-refractivity contribution in [1.29, 1.82) is 0 Å². The molecule has 16 heavy (non-hydrogen) atoms. The minimum Gasteiger partial charge on any atom is -0.370 e. The number of carbonyl (C=O) groups is 1. The first kappa shape index (κ1) is 11.1. The third-order valence-corrected chi connectivity index (χ3v) is 2.53. The predicted molar refractivity (Wildman–Crippen MR) is 61.3 cm³/mol. The first-order valence-electron chi connectivity index (χ1n) is 5.22. The van der Waals surface area contributed by atoms with Gasteiger partial charge in [-0.1, -0.05) is 11.6 Å². The van der Waals surface area contributed by atoms with Crippen LogP contribution in [0.5, 0.6) is 0 Å². The van der Waals surface area contributed by atoms with Crippen LogP contribution in [0.4, 0.5) is 5.82 Å². The standard InChI is InChI=1S/C10H13ClN4O/c11-7-5-9(13-4-3-8(12)16)15-10(14-7)6-1-2-6/h5-6H,1-4H2,(H2,12,16)(H,13,14,15). The topological polar surface area (TPSA) is 80.9 Å². The second-order valence-corrected chi connectivity index (χ2v) is 4.24. The summed E-state index contributed by atoms with van der Waals surface area (Å²) >= 11 is 5.88. The number of anilines is 1. The highest BCUT2D eigenvalue weighted by atomic mass is 35.5. The van der Waals surface area contributed by atoms with Crippen molar-refractivity contribution < 1.29 is 4.79 Å². The average Bonchev–Trinajstić information content (AvgIpc) is 2.99. The van der Waals surface area contributed by atoms with Gasteiger partial charge in [-0.05, 0) is 12.8 Å². The molecule has 3 N–H and O–H groups in total. The number of nitrogens with one attached hydrogen (secondary N) is 1. The summed E-state index contributed by atoms with van der Waals surface area (Å²) in [6.07, 6.45) is 2.53. The Kier molecular flexibility index (Phi) is 3.24. The smallest absolute Gasteiger partial charge is 0.219 e. The number of nitrogens with zero attached hydrogens (tertiary/aromatic N) is 2. The number of rotatable bonds is 5. The van der Waals surface area contributed by atoms with Gasteiger partial charge < -0.3 is 11.1 Å². The molecular formula is C10H13ClN4O. The zero-order valence-electron chi connectivity index (χ0n) is 8.74. The van der Waals surface area contributed by atoms with Crippen molar-refractivity contribution in [1.82, 2.24) is 9.97 Å². The number of hydrogen-bond donors (Lipinski definition) is 2. The van der Waals surface area contributed by atoms with Crippen molar-refractivity contribution in [2.45, 2.75) is 25.2 Å². The van der Waals surface area contributed by atoms with Crippen LogP contribution in [0.25, 0.3) is 0 Å². The summed E-state index contributed by atoms with van der Waals surface area (Å²) in [5, 5.41) is 3.43. The normalized spacial score (nSPS) is 14.8. The maximum absolute atomic E-state index is 10.6. The Morgan fingerprint density at radius 2 is 2.31 bits per heavy atom. The molecule has 0 saturated heterocycles. The van der Waals surface area contributed by atoms with Crippen molar-refractivity contribution in [2.24, 2.45) is 5.73 Å². The number of primary amides is 1. The van der Waals surface area contributed by atoms with E-state index in [9.17, 15) is 4.79 Å². The van der Waals surface area contributed by atoms with Gasteiger partial charge >= 0.3 is 0 Å². The summed E-state index contributed by atoms with van der Waals surface area (Å²) < 4.78 is 0. The molecule has 1 amide bonds. The fraction of sp³-hybridized carbons (Fsp3) is 0.500. The number of nitrogens with two attached hydrogens (primary N) is 1. The molecule has 0 aliphatic heterocycles. The van der Waals surface area contributed by atoms with Crippen LogP contribution < -0.4 is 11.1 Å². The maximum Gasteiger partial charge on any atom is 0.219 e. The molecule has 1 heterocycles. The van der Waals surface area contributed by atoms with Gasteiger partial charge in [0.1, 0.15) is 16.8 Å². The zero-order valence-corrected chi connectivity index (χ0v) is 9.50. The minimum absolute atomic E-state index is 0.278. The minimum atomic E-state index is -0.338. The van der Waals surface area contributed by atoms with Gasteiger partial charge in [-0.25, -0.2) is 9.97 Å². The first-order valence-corrected chi connectivity index (χ1v) is 5.59. The van der Waals surface area contributed by atoms with Crippen molar-refractivity contribution in [3.63, 3.8) is 0 Å². The Hall–Kier alpha value is -1.36. The molecule has 1 aromatic heterocycles. The molecule has 1 aromatic rings. The SMILES string of the molecule is NC(=O)CCNc1cc(Cl)nc(C2CC2)n1. The molecule has 2 rings (SSSR count). The molecule has 6 heteroatoms. The van der Waals surface area contributed by atoms with Crippen LogP contribution in [-0.2, 0) is 4.79 Å². The highest BCUT2D eigenvalue weighted by Gasteiger charge is 2.27. The molecule has 86 valence electrons. The lowest BCUT2D eigenvalue weighted by Crippen LogP contribution is -2.16. The summed E-state index contributed by atoms with van der Waals surface area (Å²) in [5.41, 5.74) is 5.04. The van der Waals surface area contributed by atoms with Gasteiger partial charge in [0.2, 0.25) is 5.91 Å². The number of hydrogen-bond acceptors (Lipinski definition) is 4. The molecular weight excluding hydrogens is 228 g/mol. The van der Waals surface area contributed by atoms with Gasteiger partial charge in [0.05, 0.1) is 0 Å². The van der Waals surface area contributed by atoms with Crippen LogP contribution >= 0.6 is 11.6 Å². The van der Waals surface area contributed by atoms with E-state index in [4.69, 9.17) is 17.3 Å². The average molecular weight is 241 g/mol. The Balaban J connectivity index is 1.99. The number of carbonyl (C=O) groups excluding carboxylic acids is 1. The fourth-order valence-electron chi connectivity index (χ4n) is 1.36. The third kappa shape index (κ3) is 3.06. The quantitative estimate of drug-likeness (QED) is 0.760. The molecule has 0 unspecified atom stereocenters. The molecule has 0 aromatic carbocycles. The van der Waals surface area contributed by atoms with Gasteiger partial charge in [0.15, 0.2) is 0 Å². The lowest BCUT2D eigenvalue weighted by Gasteiger charge is -2.06. The van der Waals surface area contributed by atoms with Crippen LogP contribution in [0, 0.1) is 0 Å². The van der Waals surface area contributed by atoms with Crippen LogP contribution in [-0.4, -0.2) is 22.4 Å². The van der Waals surface area contributed by atoms with Crippen LogP contribution in [0.1, 0.15) is 31.0 Å². The summed E-state index contributed by atoms with van der Waals surface area (Å²) in [4.78, 5) is 19.1. The molecule has 0 radical (unpaired) electrons. The van der Waals surface area contributed by atoms with Crippen LogP contribution in [0.15, 0.2) is 6.07 Å². The molecule has 0 bridgehead atoms. The van der Waals surface area contributed by atoms with Crippen molar-refractivity contribution in [2.75, 3.05) is 11.9 Å². The second kappa shape index (κ2) is 4.65. The Morgan fingerprint density at radius 3 is 2.94 bits per heavy atom. The van der Waals surface area contributed by atoms with E-state index in [-0.39, 0.29) is 12.3 Å². The van der Waals surface area contributed by atoms with E-state index < -0.39 is 0 Å². The van der Waals surface area contributed by atoms with E-state index in [0.29, 0.717) is 23.4 Å². The van der Waals surface area contributed by atoms with E-state index in [1.807, 2.05) is 0 Å². The molecule has 1 fully saturated rings. The highest BCUT2D eigenvalue weighted by molar-refractivity contribution is 6.29. The largest absolute Gasteiger partial charge is 0.370 e. The van der Waals surface area contributed by atoms with Crippen molar-refractivity contribution in [3.05, 3.63) is 17.0 Å². The van der Waals surface area contributed by atoms with Gasteiger partial charge in [0.25, 0.3) is 0 Å². The highest BCUT2D eigenvalue weighted by Crippen LogP contribution is 2.38. The lowest BCUT2D eigenvalue weighted by atomic mass is 10.3. The summed E-state index contributed by atoms with van der Waals surface area (Å²) in [6, 6.07) is 1.65. The first-order chi connectivity index (χ1) is 7.65. The van der Waals surface area contributed by atoms with E-state index in [1.165, 1.54) is 0 Å². The molecule has 0 atom stereocenters. The summed E-state index contributed by atoms with van der Waals surface area (Å²) in [7, 11) is 0. The van der Waals surface area contributed by atoms with Gasteiger partial charge in [-0.3, -0.25) is 4.79 Å². The van der Waals surface area contributed by atoms with Crippen LogP contribution in [0.3, 0.4) is 0 Å². The molecule has 1 aliphatic carbocycles. The Bertz CT molecular complexity index is 406. The van der Waals surface area contributed by atoms with E-state index in [0.717, 1.165) is 18.7 Å². The van der Waals surface area contributed by atoms with Gasteiger partial charge in [-0.15, -0.1) is 0 Å². The van der Waals surface area contributed by atoms with Gasteiger partial charge in [-0.2, -0.15) is 0 Å². The zero-order chi connectivity index (χ0) is 11.5. The molecule has 1 aliphatic rings.